The van der Waals surface area contributed by atoms with Crippen LogP contribution in [0.3, 0.4) is 0 Å². The van der Waals surface area contributed by atoms with Gasteiger partial charge in [0.15, 0.2) is 5.65 Å². The van der Waals surface area contributed by atoms with Crippen LogP contribution in [-0.2, 0) is 18.4 Å². The van der Waals surface area contributed by atoms with Gasteiger partial charge in [-0.05, 0) is 18.1 Å². The summed E-state index contributed by atoms with van der Waals surface area (Å²) in [5.74, 6) is -0.538. The average molecular weight is 368 g/mol. The summed E-state index contributed by atoms with van der Waals surface area (Å²) < 4.78 is 2.60. The van der Waals surface area contributed by atoms with E-state index in [0.717, 1.165) is 34.6 Å². The van der Waals surface area contributed by atoms with Crippen LogP contribution in [0, 0.1) is 0 Å². The minimum atomic E-state index is -1.02. The fourth-order valence-corrected chi connectivity index (χ4v) is 2.81. The molecular formula is C19H20N4O4. The molecule has 3 rings (SSSR count). The largest absolute Gasteiger partial charge is 0.478 e. The number of rotatable bonds is 6. The molecule has 0 unspecified atom stereocenters. The smallest absolute Gasteiger partial charge is 0.332 e. The number of hydrogen-bond acceptors (Lipinski definition) is 4. The molecule has 0 aliphatic heterocycles. The number of aryl methyl sites for hydroxylation is 1. The lowest BCUT2D eigenvalue weighted by Gasteiger charge is -2.07. The molecule has 2 N–H and O–H groups in total. The molecule has 0 aliphatic carbocycles. The number of hydrogen-bond donors (Lipinski definition) is 2. The second kappa shape index (κ2) is 7.45. The van der Waals surface area contributed by atoms with Crippen LogP contribution in [0.5, 0.6) is 0 Å². The molecule has 27 heavy (non-hydrogen) atoms. The average Bonchev–Trinajstić information content (AvgIpc) is 3.10. The number of benzene rings is 1. The van der Waals surface area contributed by atoms with E-state index in [1.165, 1.54) is 17.7 Å². The molecule has 8 nitrogen and oxygen atoms in total. The number of aliphatic carboxylic acids is 1. The van der Waals surface area contributed by atoms with Crippen molar-refractivity contribution < 1.29 is 9.90 Å². The van der Waals surface area contributed by atoms with E-state index in [1.54, 1.807) is 24.3 Å². The first-order valence-electron chi connectivity index (χ1n) is 8.63. The summed E-state index contributed by atoms with van der Waals surface area (Å²) >= 11 is 0. The molecule has 8 heteroatoms. The van der Waals surface area contributed by atoms with Gasteiger partial charge in [-0.1, -0.05) is 37.6 Å². The topological polar surface area (TPSA) is 110 Å². The highest BCUT2D eigenvalue weighted by Gasteiger charge is 2.16. The molecule has 0 spiro atoms. The van der Waals surface area contributed by atoms with Crippen molar-refractivity contribution in [3.05, 3.63) is 56.7 Å². The summed E-state index contributed by atoms with van der Waals surface area (Å²) in [6.45, 7) is 2.52. The van der Waals surface area contributed by atoms with Crippen molar-refractivity contribution in [1.82, 2.24) is 19.1 Å². The number of nitrogens with one attached hydrogen (secondary N) is 1. The lowest BCUT2D eigenvalue weighted by Crippen LogP contribution is -2.38. The van der Waals surface area contributed by atoms with E-state index in [4.69, 9.17) is 5.11 Å². The maximum absolute atomic E-state index is 12.4. The molecule has 1 aromatic carbocycles. The summed E-state index contributed by atoms with van der Waals surface area (Å²) in [5.41, 5.74) is 1.30. The Kier molecular flexibility index (Phi) is 5.07. The van der Waals surface area contributed by atoms with Gasteiger partial charge < -0.3 is 10.1 Å². The van der Waals surface area contributed by atoms with Crippen LogP contribution < -0.4 is 11.2 Å². The van der Waals surface area contributed by atoms with E-state index in [2.05, 4.69) is 9.97 Å². The van der Waals surface area contributed by atoms with E-state index in [-0.39, 0.29) is 11.2 Å². The minimum Gasteiger partial charge on any atom is -0.478 e. The summed E-state index contributed by atoms with van der Waals surface area (Å²) in [6.07, 6.45) is 4.27. The Balaban J connectivity index is 2.08. The quantitative estimate of drug-likeness (QED) is 0.647. The van der Waals surface area contributed by atoms with Crippen molar-refractivity contribution in [3.63, 3.8) is 0 Å². The van der Waals surface area contributed by atoms with Crippen LogP contribution in [0.2, 0.25) is 0 Å². The van der Waals surface area contributed by atoms with Gasteiger partial charge in [-0.25, -0.2) is 14.6 Å². The fraction of sp³-hybridized carbons (Fsp3) is 0.263. The van der Waals surface area contributed by atoms with Crippen LogP contribution in [0.4, 0.5) is 0 Å². The zero-order valence-electron chi connectivity index (χ0n) is 15.1. The predicted molar refractivity (Wildman–Crippen MR) is 103 cm³/mol. The third-order valence-electron chi connectivity index (χ3n) is 4.31. The highest BCUT2D eigenvalue weighted by atomic mass is 16.4. The fourth-order valence-electron chi connectivity index (χ4n) is 2.81. The van der Waals surface area contributed by atoms with Crippen LogP contribution in [0.15, 0.2) is 39.9 Å². The van der Waals surface area contributed by atoms with Crippen molar-refractivity contribution in [2.75, 3.05) is 0 Å². The number of H-pyrrole nitrogens is 1. The number of nitrogens with zero attached hydrogens (tertiary/aromatic N) is 3. The first-order valence-corrected chi connectivity index (χ1v) is 8.63. The van der Waals surface area contributed by atoms with Crippen molar-refractivity contribution in [1.29, 1.82) is 0 Å². The van der Waals surface area contributed by atoms with Gasteiger partial charge in [0.05, 0.1) is 0 Å². The van der Waals surface area contributed by atoms with Gasteiger partial charge in [0.25, 0.3) is 5.56 Å². The molecule has 2 aromatic heterocycles. The Morgan fingerprint density at radius 1 is 1.26 bits per heavy atom. The van der Waals surface area contributed by atoms with Crippen LogP contribution in [0.1, 0.15) is 25.3 Å². The summed E-state index contributed by atoms with van der Waals surface area (Å²) in [7, 11) is 1.46. The SMILES string of the molecule is CCCCn1c(=O)n(C)c(=O)c2[nH]c(-c3ccc(C=CC(=O)O)cc3)nc21. The molecule has 3 aromatic rings. The third-order valence-corrected chi connectivity index (χ3v) is 4.31. The van der Waals surface area contributed by atoms with Crippen molar-refractivity contribution >= 4 is 23.2 Å². The number of aromatic nitrogens is 4. The molecule has 0 bridgehead atoms. The standard InChI is InChI=1S/C19H20N4O4/c1-3-4-11-23-17-15(18(26)22(2)19(23)27)20-16(21-17)13-8-5-12(6-9-13)7-10-14(24)25/h5-10H,3-4,11H2,1-2H3,(H,20,21)(H,24,25). The Morgan fingerprint density at radius 3 is 2.59 bits per heavy atom. The van der Waals surface area contributed by atoms with Gasteiger partial charge in [-0.3, -0.25) is 13.9 Å². The van der Waals surface area contributed by atoms with Crippen LogP contribution >= 0.6 is 0 Å². The van der Waals surface area contributed by atoms with E-state index in [0.29, 0.717) is 18.0 Å². The molecule has 140 valence electrons. The number of carboxylic acids is 1. The van der Waals surface area contributed by atoms with Gasteiger partial charge in [0, 0.05) is 25.2 Å². The van der Waals surface area contributed by atoms with E-state index >= 15 is 0 Å². The highest BCUT2D eigenvalue weighted by molar-refractivity contribution is 5.85. The summed E-state index contributed by atoms with van der Waals surface area (Å²) in [4.78, 5) is 43.0. The normalized spacial score (nSPS) is 11.5. The van der Waals surface area contributed by atoms with Gasteiger partial charge in [-0.15, -0.1) is 0 Å². The highest BCUT2D eigenvalue weighted by Crippen LogP contribution is 2.19. The number of carbonyl (C=O) groups is 1. The van der Waals surface area contributed by atoms with Gasteiger partial charge in [0.1, 0.15) is 11.3 Å². The molecule has 0 aliphatic rings. The Morgan fingerprint density at radius 2 is 1.96 bits per heavy atom. The minimum absolute atomic E-state index is 0.290. The molecule has 0 radical (unpaired) electrons. The van der Waals surface area contributed by atoms with Crippen molar-refractivity contribution in [2.45, 2.75) is 26.3 Å². The molecular weight excluding hydrogens is 348 g/mol. The third kappa shape index (κ3) is 3.59. The van der Waals surface area contributed by atoms with E-state index in [9.17, 15) is 14.4 Å². The molecule has 0 saturated carbocycles. The Hall–Kier alpha value is -3.42. The molecule has 0 fully saturated rings. The Bertz CT molecular complexity index is 1130. The molecule has 0 amide bonds. The summed E-state index contributed by atoms with van der Waals surface area (Å²) in [6, 6.07) is 7.06. The van der Waals surface area contributed by atoms with Crippen molar-refractivity contribution in [2.24, 2.45) is 7.05 Å². The number of unbranched alkanes of at least 4 members (excludes halogenated alkanes) is 1. The van der Waals surface area contributed by atoms with Crippen LogP contribution in [0.25, 0.3) is 28.6 Å². The first-order chi connectivity index (χ1) is 12.9. The van der Waals surface area contributed by atoms with E-state index in [1.807, 2.05) is 6.92 Å². The zero-order chi connectivity index (χ0) is 19.6. The molecule has 0 atom stereocenters. The lowest BCUT2D eigenvalue weighted by atomic mass is 10.1. The molecule has 2 heterocycles. The lowest BCUT2D eigenvalue weighted by molar-refractivity contribution is -0.131. The predicted octanol–water partition coefficient (Wildman–Crippen LogP) is 1.99. The number of carboxylic acid groups (broad SMARTS) is 1. The number of imidazole rings is 1. The zero-order valence-corrected chi connectivity index (χ0v) is 15.1. The summed E-state index contributed by atoms with van der Waals surface area (Å²) in [5, 5.41) is 8.69. The number of aromatic amines is 1. The number of fused-ring (bicyclic) bond motifs is 1. The second-order valence-corrected chi connectivity index (χ2v) is 6.23. The second-order valence-electron chi connectivity index (χ2n) is 6.23. The van der Waals surface area contributed by atoms with Gasteiger partial charge in [-0.2, -0.15) is 0 Å². The monoisotopic (exact) mass is 368 g/mol. The van der Waals surface area contributed by atoms with Gasteiger partial charge in [0.2, 0.25) is 0 Å². The molecule has 0 saturated heterocycles. The maximum atomic E-state index is 12.4. The van der Waals surface area contributed by atoms with Crippen LogP contribution in [-0.4, -0.2) is 30.2 Å². The van der Waals surface area contributed by atoms with Crippen molar-refractivity contribution in [3.8, 4) is 11.4 Å². The Labute approximate surface area is 154 Å². The maximum Gasteiger partial charge on any atom is 0.332 e. The van der Waals surface area contributed by atoms with Gasteiger partial charge >= 0.3 is 11.7 Å². The van der Waals surface area contributed by atoms with E-state index < -0.39 is 11.5 Å². The first kappa shape index (κ1) is 18.4.